The standard InChI is InChI=1S/C16H30N2O2S/c1-5-21-13-8-6-7-11-18(12-13)14(19)9-10-17-15(20)16(2,3)4/h13H,5-12H2,1-4H3,(H,17,20)/t13-/m0/s1. The third-order valence-corrected chi connectivity index (χ3v) is 4.88. The molecule has 0 aromatic rings. The van der Waals surface area contributed by atoms with Crippen LogP contribution in [0, 0.1) is 5.41 Å². The van der Waals surface area contributed by atoms with E-state index in [1.165, 1.54) is 12.8 Å². The van der Waals surface area contributed by atoms with Crippen LogP contribution in [0.4, 0.5) is 0 Å². The molecule has 21 heavy (non-hydrogen) atoms. The first-order chi connectivity index (χ1) is 9.84. The summed E-state index contributed by atoms with van der Waals surface area (Å²) in [6, 6.07) is 0. The van der Waals surface area contributed by atoms with Crippen LogP contribution in [0.2, 0.25) is 0 Å². The van der Waals surface area contributed by atoms with E-state index in [1.807, 2.05) is 37.4 Å². The lowest BCUT2D eigenvalue weighted by Crippen LogP contribution is -2.40. The average Bonchev–Trinajstić information content (AvgIpc) is 2.63. The number of hydrogen-bond donors (Lipinski definition) is 1. The van der Waals surface area contributed by atoms with E-state index in [4.69, 9.17) is 0 Å². The molecule has 0 aromatic carbocycles. The second kappa shape index (κ2) is 8.66. The van der Waals surface area contributed by atoms with Crippen molar-refractivity contribution in [1.29, 1.82) is 0 Å². The van der Waals surface area contributed by atoms with E-state index >= 15 is 0 Å². The van der Waals surface area contributed by atoms with E-state index in [9.17, 15) is 9.59 Å². The monoisotopic (exact) mass is 314 g/mol. The van der Waals surface area contributed by atoms with Gasteiger partial charge < -0.3 is 10.2 Å². The molecule has 0 unspecified atom stereocenters. The van der Waals surface area contributed by atoms with Crippen molar-refractivity contribution in [3.63, 3.8) is 0 Å². The van der Waals surface area contributed by atoms with E-state index in [0.29, 0.717) is 18.2 Å². The predicted octanol–water partition coefficient (Wildman–Crippen LogP) is 2.67. The van der Waals surface area contributed by atoms with Crippen molar-refractivity contribution < 1.29 is 9.59 Å². The molecular weight excluding hydrogens is 284 g/mol. The molecule has 4 nitrogen and oxygen atoms in total. The van der Waals surface area contributed by atoms with Crippen LogP contribution in [-0.2, 0) is 9.59 Å². The highest BCUT2D eigenvalue weighted by Gasteiger charge is 2.23. The number of nitrogens with one attached hydrogen (secondary N) is 1. The quantitative estimate of drug-likeness (QED) is 0.849. The average molecular weight is 314 g/mol. The summed E-state index contributed by atoms with van der Waals surface area (Å²) in [7, 11) is 0. The van der Waals surface area contributed by atoms with Crippen LogP contribution in [0.1, 0.15) is 53.4 Å². The molecular formula is C16H30N2O2S. The van der Waals surface area contributed by atoms with Crippen molar-refractivity contribution in [3.8, 4) is 0 Å². The van der Waals surface area contributed by atoms with Crippen molar-refractivity contribution in [2.75, 3.05) is 25.4 Å². The summed E-state index contributed by atoms with van der Waals surface area (Å²) in [6.45, 7) is 9.99. The topological polar surface area (TPSA) is 49.4 Å². The van der Waals surface area contributed by atoms with Gasteiger partial charge in [0.15, 0.2) is 0 Å². The molecule has 0 bridgehead atoms. The zero-order valence-corrected chi connectivity index (χ0v) is 14.7. The summed E-state index contributed by atoms with van der Waals surface area (Å²) in [4.78, 5) is 26.1. The molecule has 1 heterocycles. The third kappa shape index (κ3) is 6.72. The summed E-state index contributed by atoms with van der Waals surface area (Å²) in [5, 5.41) is 3.43. The molecule has 1 N–H and O–H groups in total. The zero-order valence-electron chi connectivity index (χ0n) is 13.9. The summed E-state index contributed by atoms with van der Waals surface area (Å²) >= 11 is 1.96. The Morgan fingerprint density at radius 1 is 1.29 bits per heavy atom. The van der Waals surface area contributed by atoms with Gasteiger partial charge in [0, 0.05) is 36.7 Å². The van der Waals surface area contributed by atoms with Crippen molar-refractivity contribution >= 4 is 23.6 Å². The molecule has 0 aromatic heterocycles. The number of amides is 2. The lowest BCUT2D eigenvalue weighted by atomic mass is 9.96. The highest BCUT2D eigenvalue weighted by molar-refractivity contribution is 7.99. The van der Waals surface area contributed by atoms with Gasteiger partial charge in [-0.2, -0.15) is 11.8 Å². The summed E-state index contributed by atoms with van der Waals surface area (Å²) in [6.07, 6.45) is 3.93. The SMILES string of the molecule is CCS[C@H]1CCCCN(C(=O)CCNC(=O)C(C)(C)C)C1. The molecule has 5 heteroatoms. The van der Waals surface area contributed by atoms with E-state index in [-0.39, 0.29) is 11.8 Å². The Morgan fingerprint density at radius 2 is 2.00 bits per heavy atom. The van der Waals surface area contributed by atoms with Gasteiger partial charge in [0.1, 0.15) is 0 Å². The van der Waals surface area contributed by atoms with E-state index < -0.39 is 5.41 Å². The van der Waals surface area contributed by atoms with Gasteiger partial charge in [0.25, 0.3) is 0 Å². The molecule has 1 fully saturated rings. The van der Waals surface area contributed by atoms with Crippen LogP contribution in [0.15, 0.2) is 0 Å². The molecule has 1 rings (SSSR count). The molecule has 1 aliphatic heterocycles. The maximum Gasteiger partial charge on any atom is 0.225 e. The van der Waals surface area contributed by atoms with Gasteiger partial charge in [0.05, 0.1) is 0 Å². The molecule has 0 spiro atoms. The van der Waals surface area contributed by atoms with Gasteiger partial charge in [-0.3, -0.25) is 9.59 Å². The lowest BCUT2D eigenvalue weighted by Gasteiger charge is -2.24. The molecule has 0 aliphatic carbocycles. The van der Waals surface area contributed by atoms with Crippen molar-refractivity contribution in [1.82, 2.24) is 10.2 Å². The molecule has 2 amide bonds. The second-order valence-electron chi connectivity index (χ2n) is 6.67. The van der Waals surface area contributed by atoms with Gasteiger partial charge in [-0.25, -0.2) is 0 Å². The first kappa shape index (κ1) is 18.3. The Morgan fingerprint density at radius 3 is 2.62 bits per heavy atom. The number of carbonyl (C=O) groups excluding carboxylic acids is 2. The van der Waals surface area contributed by atoms with Gasteiger partial charge in [-0.05, 0) is 18.6 Å². The van der Waals surface area contributed by atoms with E-state index in [0.717, 1.165) is 25.3 Å². The zero-order chi connectivity index (χ0) is 15.9. The number of nitrogens with zero attached hydrogens (tertiary/aromatic N) is 1. The van der Waals surface area contributed by atoms with Gasteiger partial charge in [0.2, 0.25) is 11.8 Å². The molecule has 0 saturated carbocycles. The minimum absolute atomic E-state index is 0.00517. The maximum atomic E-state index is 12.3. The number of carbonyl (C=O) groups is 2. The first-order valence-corrected chi connectivity index (χ1v) is 9.07. The minimum Gasteiger partial charge on any atom is -0.355 e. The second-order valence-corrected chi connectivity index (χ2v) is 8.25. The van der Waals surface area contributed by atoms with Crippen molar-refractivity contribution in [3.05, 3.63) is 0 Å². The minimum atomic E-state index is -0.394. The van der Waals surface area contributed by atoms with E-state index in [2.05, 4.69) is 12.2 Å². The largest absolute Gasteiger partial charge is 0.355 e. The smallest absolute Gasteiger partial charge is 0.225 e. The molecule has 1 saturated heterocycles. The molecule has 0 radical (unpaired) electrons. The van der Waals surface area contributed by atoms with E-state index in [1.54, 1.807) is 0 Å². The summed E-state index contributed by atoms with van der Waals surface area (Å²) in [5.41, 5.74) is -0.394. The Hall–Kier alpha value is -0.710. The Balaban J connectivity index is 2.38. The summed E-state index contributed by atoms with van der Waals surface area (Å²) < 4.78 is 0. The number of rotatable bonds is 5. The highest BCUT2D eigenvalue weighted by atomic mass is 32.2. The van der Waals surface area contributed by atoms with Crippen molar-refractivity contribution in [2.24, 2.45) is 5.41 Å². The van der Waals surface area contributed by atoms with Crippen LogP contribution in [0.25, 0.3) is 0 Å². The molecule has 122 valence electrons. The number of thioether (sulfide) groups is 1. The molecule has 1 aliphatic rings. The Bertz CT molecular complexity index is 353. The van der Waals surface area contributed by atoms with Crippen molar-refractivity contribution in [2.45, 2.75) is 58.6 Å². The predicted molar refractivity (Wildman–Crippen MR) is 89.4 cm³/mol. The van der Waals surface area contributed by atoms with Gasteiger partial charge in [-0.1, -0.05) is 34.1 Å². The van der Waals surface area contributed by atoms with Crippen LogP contribution in [0.3, 0.4) is 0 Å². The fourth-order valence-corrected chi connectivity index (χ4v) is 3.50. The normalized spacial score (nSPS) is 20.0. The highest BCUT2D eigenvalue weighted by Crippen LogP contribution is 2.22. The number of hydrogen-bond acceptors (Lipinski definition) is 3. The number of likely N-dealkylation sites (tertiary alicyclic amines) is 1. The van der Waals surface area contributed by atoms with Crippen LogP contribution >= 0.6 is 11.8 Å². The Labute approximate surface area is 133 Å². The Kier molecular flexibility index (Phi) is 7.57. The van der Waals surface area contributed by atoms with Crippen LogP contribution in [-0.4, -0.2) is 47.4 Å². The van der Waals surface area contributed by atoms with Gasteiger partial charge >= 0.3 is 0 Å². The van der Waals surface area contributed by atoms with Crippen LogP contribution in [0.5, 0.6) is 0 Å². The summed E-state index contributed by atoms with van der Waals surface area (Å²) in [5.74, 6) is 1.28. The maximum absolute atomic E-state index is 12.3. The fourth-order valence-electron chi connectivity index (χ4n) is 2.41. The fraction of sp³-hybridized carbons (Fsp3) is 0.875. The van der Waals surface area contributed by atoms with Gasteiger partial charge in [-0.15, -0.1) is 0 Å². The lowest BCUT2D eigenvalue weighted by molar-refractivity contribution is -0.131. The third-order valence-electron chi connectivity index (χ3n) is 3.69. The molecule has 1 atom stereocenters. The van der Waals surface area contributed by atoms with Crippen LogP contribution < -0.4 is 5.32 Å². The first-order valence-electron chi connectivity index (χ1n) is 8.02.